The number of benzene rings is 1. The van der Waals surface area contributed by atoms with Gasteiger partial charge in [-0.05, 0) is 47.3 Å². The van der Waals surface area contributed by atoms with Gasteiger partial charge in [-0.3, -0.25) is 9.48 Å². The number of carbonyl (C=O) groups excluding carboxylic acids is 1. The molecule has 1 aromatic carbocycles. The molecule has 1 aromatic heterocycles. The van der Waals surface area contributed by atoms with E-state index in [0.717, 1.165) is 17.4 Å². The summed E-state index contributed by atoms with van der Waals surface area (Å²) < 4.78 is 2.55. The van der Waals surface area contributed by atoms with Crippen LogP contribution in [0, 0.1) is 0 Å². The molecule has 3 rings (SSSR count). The van der Waals surface area contributed by atoms with Gasteiger partial charge in [-0.2, -0.15) is 5.10 Å². The number of halogens is 1. The van der Waals surface area contributed by atoms with Crippen LogP contribution < -0.4 is 5.32 Å². The van der Waals surface area contributed by atoms with Crippen molar-refractivity contribution >= 4 is 21.7 Å². The highest BCUT2D eigenvalue weighted by Gasteiger charge is 2.29. The van der Waals surface area contributed by atoms with Crippen LogP contribution in [0.25, 0.3) is 0 Å². The quantitative estimate of drug-likeness (QED) is 0.867. The van der Waals surface area contributed by atoms with Crippen LogP contribution in [0.2, 0.25) is 0 Å². The summed E-state index contributed by atoms with van der Waals surface area (Å²) in [7, 11) is 0. The Morgan fingerprint density at radius 2 is 2.10 bits per heavy atom. The summed E-state index contributed by atoms with van der Waals surface area (Å²) in [5, 5.41) is 7.64. The van der Waals surface area contributed by atoms with Crippen molar-refractivity contribution in [1.82, 2.24) is 15.1 Å². The fourth-order valence-corrected chi connectivity index (χ4v) is 3.24. The summed E-state index contributed by atoms with van der Waals surface area (Å²) in [6.07, 6.45) is 2.43. The third-order valence-electron chi connectivity index (χ3n) is 3.87. The Bertz CT molecular complexity index is 678. The molecule has 0 saturated heterocycles. The van der Waals surface area contributed by atoms with Gasteiger partial charge >= 0.3 is 0 Å². The Labute approximate surface area is 132 Å². The van der Waals surface area contributed by atoms with Gasteiger partial charge < -0.3 is 5.32 Å². The lowest BCUT2D eigenvalue weighted by Crippen LogP contribution is -2.42. The lowest BCUT2D eigenvalue weighted by Gasteiger charge is -2.25. The zero-order chi connectivity index (χ0) is 15.0. The van der Waals surface area contributed by atoms with Crippen molar-refractivity contribution in [2.24, 2.45) is 0 Å². The predicted octanol–water partition coefficient (Wildman–Crippen LogP) is 3.12. The van der Waals surface area contributed by atoms with E-state index in [1.54, 1.807) is 10.9 Å². The predicted molar refractivity (Wildman–Crippen MR) is 85.4 cm³/mol. The smallest absolute Gasteiger partial charge is 0.199 e. The second-order valence-corrected chi connectivity index (χ2v) is 6.50. The normalized spacial score (nSPS) is 17.8. The van der Waals surface area contributed by atoms with Crippen LogP contribution >= 0.6 is 15.9 Å². The first kappa shape index (κ1) is 14.5. The molecule has 0 fully saturated rings. The molecule has 0 aliphatic carbocycles. The summed E-state index contributed by atoms with van der Waals surface area (Å²) in [4.78, 5) is 12.9. The van der Waals surface area contributed by atoms with E-state index in [9.17, 15) is 4.79 Å². The Kier molecular flexibility index (Phi) is 3.95. The number of nitrogens with one attached hydrogen (secondary N) is 1. The van der Waals surface area contributed by atoms with Crippen LogP contribution in [0.15, 0.2) is 34.9 Å². The molecule has 0 radical (unpaired) electrons. The highest BCUT2D eigenvalue weighted by Crippen LogP contribution is 2.24. The van der Waals surface area contributed by atoms with Crippen molar-refractivity contribution in [3.63, 3.8) is 0 Å². The van der Waals surface area contributed by atoms with Gasteiger partial charge in [0, 0.05) is 12.6 Å². The minimum atomic E-state index is -0.189. The first-order valence-electron chi connectivity index (χ1n) is 7.15. The molecule has 4 nitrogen and oxygen atoms in total. The van der Waals surface area contributed by atoms with Crippen molar-refractivity contribution in [3.8, 4) is 0 Å². The Morgan fingerprint density at radius 3 is 2.81 bits per heavy atom. The number of Topliss-reactive ketones (excluding diaryl/α,β-unsaturated/α-hetero) is 1. The zero-order valence-electron chi connectivity index (χ0n) is 12.1. The van der Waals surface area contributed by atoms with E-state index in [1.165, 1.54) is 11.1 Å². The third-order valence-corrected chi connectivity index (χ3v) is 4.45. The molecule has 2 heterocycles. The van der Waals surface area contributed by atoms with Crippen LogP contribution in [-0.4, -0.2) is 21.6 Å². The van der Waals surface area contributed by atoms with Gasteiger partial charge in [0.25, 0.3) is 0 Å². The largest absolute Gasteiger partial charge is 0.303 e. The summed E-state index contributed by atoms with van der Waals surface area (Å²) in [5.74, 6) is 0.0996. The summed E-state index contributed by atoms with van der Waals surface area (Å²) in [5.41, 5.74) is 3.18. The number of aromatic nitrogens is 2. The SMILES string of the molecule is CC(C)n1ncc(Br)c1C(=O)C1Cc2ccccc2CN1. The first-order chi connectivity index (χ1) is 10.1. The molecule has 0 amide bonds. The molecule has 1 atom stereocenters. The lowest BCUT2D eigenvalue weighted by molar-refractivity contribution is 0.0924. The molecule has 1 unspecified atom stereocenters. The molecule has 1 aliphatic rings. The Balaban J connectivity index is 1.89. The summed E-state index contributed by atoms with van der Waals surface area (Å²) >= 11 is 3.45. The van der Waals surface area contributed by atoms with Gasteiger partial charge in [0.05, 0.1) is 16.7 Å². The van der Waals surface area contributed by atoms with Crippen LogP contribution in [0.3, 0.4) is 0 Å². The Morgan fingerprint density at radius 1 is 1.38 bits per heavy atom. The van der Waals surface area contributed by atoms with Gasteiger partial charge in [0.2, 0.25) is 0 Å². The molecule has 5 heteroatoms. The number of hydrogen-bond acceptors (Lipinski definition) is 3. The number of fused-ring (bicyclic) bond motifs is 1. The molecule has 0 saturated carbocycles. The Hall–Kier alpha value is -1.46. The van der Waals surface area contributed by atoms with Crippen molar-refractivity contribution in [1.29, 1.82) is 0 Å². The molecule has 21 heavy (non-hydrogen) atoms. The fourth-order valence-electron chi connectivity index (χ4n) is 2.77. The molecule has 1 N–H and O–H groups in total. The maximum Gasteiger partial charge on any atom is 0.199 e. The van der Waals surface area contributed by atoms with Crippen LogP contribution in [0.4, 0.5) is 0 Å². The van der Waals surface area contributed by atoms with E-state index in [-0.39, 0.29) is 17.9 Å². The molecular weight excluding hydrogens is 330 g/mol. The van der Waals surface area contributed by atoms with E-state index >= 15 is 0 Å². The molecule has 110 valence electrons. The summed E-state index contributed by atoms with van der Waals surface area (Å²) in [6.45, 7) is 4.79. The van der Waals surface area contributed by atoms with Crippen molar-refractivity contribution in [2.45, 2.75) is 38.9 Å². The lowest BCUT2D eigenvalue weighted by atomic mass is 9.93. The molecule has 0 spiro atoms. The van der Waals surface area contributed by atoms with Gasteiger partial charge in [-0.25, -0.2) is 0 Å². The maximum atomic E-state index is 12.9. The molecular formula is C16H18BrN3O. The van der Waals surface area contributed by atoms with Gasteiger partial charge in [0.1, 0.15) is 5.69 Å². The van der Waals surface area contributed by atoms with Crippen LogP contribution in [-0.2, 0) is 13.0 Å². The highest BCUT2D eigenvalue weighted by atomic mass is 79.9. The van der Waals surface area contributed by atoms with Gasteiger partial charge in [0.15, 0.2) is 5.78 Å². The van der Waals surface area contributed by atoms with Crippen molar-refractivity contribution < 1.29 is 4.79 Å². The molecule has 0 bridgehead atoms. The van der Waals surface area contributed by atoms with E-state index < -0.39 is 0 Å². The average molecular weight is 348 g/mol. The highest BCUT2D eigenvalue weighted by molar-refractivity contribution is 9.10. The maximum absolute atomic E-state index is 12.9. The van der Waals surface area contributed by atoms with Crippen LogP contribution in [0.5, 0.6) is 0 Å². The number of hydrogen-bond donors (Lipinski definition) is 1. The van der Waals surface area contributed by atoms with E-state index in [2.05, 4.69) is 38.5 Å². The van der Waals surface area contributed by atoms with Gasteiger partial charge in [-0.15, -0.1) is 0 Å². The van der Waals surface area contributed by atoms with E-state index in [4.69, 9.17) is 0 Å². The fraction of sp³-hybridized carbons (Fsp3) is 0.375. The number of nitrogens with zero attached hydrogens (tertiary/aromatic N) is 2. The first-order valence-corrected chi connectivity index (χ1v) is 7.94. The molecule has 2 aromatic rings. The standard InChI is InChI=1S/C16H18BrN3O/c1-10(2)20-15(13(17)9-19-20)16(21)14-7-11-5-3-4-6-12(11)8-18-14/h3-6,9-10,14,18H,7-8H2,1-2H3. The number of carbonyl (C=O) groups is 1. The number of ketones is 1. The van der Waals surface area contributed by atoms with E-state index in [1.807, 2.05) is 26.0 Å². The van der Waals surface area contributed by atoms with E-state index in [0.29, 0.717) is 5.69 Å². The van der Waals surface area contributed by atoms with Gasteiger partial charge in [-0.1, -0.05) is 24.3 Å². The number of rotatable bonds is 3. The second-order valence-electron chi connectivity index (χ2n) is 5.65. The van der Waals surface area contributed by atoms with Crippen molar-refractivity contribution in [2.75, 3.05) is 0 Å². The second kappa shape index (κ2) is 5.73. The van der Waals surface area contributed by atoms with Crippen molar-refractivity contribution in [3.05, 3.63) is 51.8 Å². The molecule has 1 aliphatic heterocycles. The zero-order valence-corrected chi connectivity index (χ0v) is 13.7. The minimum Gasteiger partial charge on any atom is -0.303 e. The van der Waals surface area contributed by atoms with Crippen LogP contribution in [0.1, 0.15) is 41.5 Å². The monoisotopic (exact) mass is 347 g/mol. The minimum absolute atomic E-state index is 0.0996. The summed E-state index contributed by atoms with van der Waals surface area (Å²) in [6, 6.07) is 8.24. The average Bonchev–Trinajstić information content (AvgIpc) is 2.88. The third kappa shape index (κ3) is 2.68. The topological polar surface area (TPSA) is 46.9 Å².